The smallest absolute Gasteiger partial charge is 0.160 e. The minimum atomic E-state index is 0.700. The summed E-state index contributed by atoms with van der Waals surface area (Å²) in [5, 5.41) is 14.8. The molecule has 0 amide bonds. The van der Waals surface area contributed by atoms with Crippen molar-refractivity contribution in [2.45, 2.75) is 0 Å². The van der Waals surface area contributed by atoms with E-state index in [1.165, 1.54) is 131 Å². The Kier molecular flexibility index (Phi) is 21.6. The third-order valence-electron chi connectivity index (χ3n) is 29.2. The van der Waals surface area contributed by atoms with Gasteiger partial charge in [0.15, 0.2) is 17.5 Å². The molecule has 0 unspecified atom stereocenters. The van der Waals surface area contributed by atoms with Crippen LogP contribution >= 0.6 is 0 Å². The van der Waals surface area contributed by atoms with E-state index < -0.39 is 0 Å². The van der Waals surface area contributed by atoms with E-state index in [2.05, 4.69) is 464 Å². The number of para-hydroxylation sites is 9. The zero-order valence-corrected chi connectivity index (χ0v) is 81.3. The Hall–Kier alpha value is -20.3. The van der Waals surface area contributed by atoms with Crippen molar-refractivity contribution in [2.75, 3.05) is 0 Å². The van der Waals surface area contributed by atoms with E-state index in [1.54, 1.807) is 0 Å². The van der Waals surface area contributed by atoms with Crippen molar-refractivity contribution in [2.24, 2.45) is 0 Å². The fourth-order valence-corrected chi connectivity index (χ4v) is 22.4. The van der Waals surface area contributed by atoms with E-state index in [9.17, 15) is 0 Å². The first-order chi connectivity index (χ1) is 74.4. The van der Waals surface area contributed by atoms with Gasteiger partial charge in [0.1, 0.15) is 0 Å². The van der Waals surface area contributed by atoms with Gasteiger partial charge >= 0.3 is 0 Å². The SMILES string of the molecule is c1ccc(-c2cc(-c3ccccc3)nc(-c3ccc(-n4c5ccccc5c5cc6c7ccccc7n(-c7ccccc7)c6cc54)cc3)n2)cc1.c1ccc(-c2cc(-c3ccccc3)nc(-c3ccc(-n4c5ccccc5c5ccc6c(c7ccccc7n6-c6ccccc6)c54)cc3)n2)cc1.c1ccc(-c2cc(-c3ccccc3)nc(-c3ccc(-n4c5ccccc5c5ccc6c7ccccc7n(-c7ccccc7)c6c54)cc3)n2)cc1. The van der Waals surface area contributed by atoms with Crippen LogP contribution in [0.1, 0.15) is 0 Å². The average molecular weight is 1920 g/mol. The molecule has 702 valence electrons. The highest BCUT2D eigenvalue weighted by Crippen LogP contribution is 2.48. The maximum Gasteiger partial charge on any atom is 0.160 e. The molecule has 0 N–H and O–H groups in total. The maximum absolute atomic E-state index is 5.08. The van der Waals surface area contributed by atoms with Crippen molar-refractivity contribution >= 4 is 131 Å². The van der Waals surface area contributed by atoms with Gasteiger partial charge in [0.05, 0.1) is 100 Å². The Morgan fingerprint density at radius 2 is 0.320 bits per heavy atom. The molecule has 150 heavy (non-hydrogen) atoms. The molecule has 12 heteroatoms. The average Bonchev–Trinajstić information content (AvgIpc) is 1.55. The summed E-state index contributed by atoms with van der Waals surface area (Å²) in [4.78, 5) is 30.4. The highest BCUT2D eigenvalue weighted by atomic mass is 15.1. The summed E-state index contributed by atoms with van der Waals surface area (Å²) in [5.74, 6) is 2.10. The Balaban J connectivity index is 0.000000108. The lowest BCUT2D eigenvalue weighted by Crippen LogP contribution is -1.99. The van der Waals surface area contributed by atoms with E-state index in [0.717, 1.165) is 118 Å². The van der Waals surface area contributed by atoms with Crippen LogP contribution in [0.15, 0.2) is 546 Å². The van der Waals surface area contributed by atoms with Gasteiger partial charge in [0, 0.05) is 149 Å². The van der Waals surface area contributed by atoms with Crippen molar-refractivity contribution < 1.29 is 0 Å². The van der Waals surface area contributed by atoms with Gasteiger partial charge in [-0.25, -0.2) is 29.9 Å². The van der Waals surface area contributed by atoms with Crippen molar-refractivity contribution in [3.8, 4) is 136 Å². The second-order valence-electron chi connectivity index (χ2n) is 37.9. The predicted octanol–water partition coefficient (Wildman–Crippen LogP) is 35.0. The molecule has 12 nitrogen and oxygen atoms in total. The van der Waals surface area contributed by atoms with Crippen LogP contribution in [-0.2, 0) is 0 Å². The molecule has 30 aromatic rings. The molecule has 0 radical (unpaired) electrons. The Morgan fingerprint density at radius 3 is 0.620 bits per heavy atom. The summed E-state index contributed by atoms with van der Waals surface area (Å²) in [7, 11) is 0. The Morgan fingerprint density at radius 1 is 0.113 bits per heavy atom. The summed E-state index contributed by atoms with van der Waals surface area (Å²) in [6.45, 7) is 0. The molecule has 0 aliphatic rings. The summed E-state index contributed by atoms with van der Waals surface area (Å²) in [6, 6.07) is 193. The summed E-state index contributed by atoms with van der Waals surface area (Å²) >= 11 is 0. The lowest BCUT2D eigenvalue weighted by Gasteiger charge is -2.13. The van der Waals surface area contributed by atoms with Crippen LogP contribution in [0, 0.1) is 0 Å². The minimum Gasteiger partial charge on any atom is -0.309 e. The van der Waals surface area contributed by atoms with Crippen molar-refractivity contribution in [1.82, 2.24) is 57.3 Å². The first kappa shape index (κ1) is 87.5. The highest BCUT2D eigenvalue weighted by Gasteiger charge is 2.27. The lowest BCUT2D eigenvalue weighted by molar-refractivity contribution is 1.14. The topological polar surface area (TPSA) is 107 Å². The molecule has 0 aliphatic heterocycles. The van der Waals surface area contributed by atoms with Crippen LogP contribution in [-0.4, -0.2) is 57.3 Å². The van der Waals surface area contributed by atoms with E-state index in [-0.39, 0.29) is 0 Å². The molecule has 0 atom stereocenters. The molecule has 0 fully saturated rings. The van der Waals surface area contributed by atoms with E-state index in [4.69, 9.17) is 29.9 Å². The zero-order valence-electron chi connectivity index (χ0n) is 81.3. The highest BCUT2D eigenvalue weighted by molar-refractivity contribution is 6.27. The predicted molar refractivity (Wildman–Crippen MR) is 621 cm³/mol. The number of hydrogen-bond acceptors (Lipinski definition) is 6. The largest absolute Gasteiger partial charge is 0.309 e. The van der Waals surface area contributed by atoms with Crippen LogP contribution in [0.4, 0.5) is 0 Å². The molecule has 0 saturated heterocycles. The van der Waals surface area contributed by atoms with Gasteiger partial charge in [-0.05, 0) is 182 Å². The minimum absolute atomic E-state index is 0.700. The molecule has 9 heterocycles. The number of aromatic nitrogens is 12. The van der Waals surface area contributed by atoms with Crippen molar-refractivity contribution in [3.05, 3.63) is 546 Å². The third-order valence-corrected chi connectivity index (χ3v) is 29.2. The van der Waals surface area contributed by atoms with Crippen LogP contribution in [0.3, 0.4) is 0 Å². The molecule has 9 aromatic heterocycles. The molecule has 0 bridgehead atoms. The zero-order chi connectivity index (χ0) is 99.1. The van der Waals surface area contributed by atoms with Crippen LogP contribution in [0.5, 0.6) is 0 Å². The Bertz CT molecular complexity index is 10200. The van der Waals surface area contributed by atoms with Gasteiger partial charge in [-0.15, -0.1) is 0 Å². The number of hydrogen-bond donors (Lipinski definition) is 0. The van der Waals surface area contributed by atoms with Crippen molar-refractivity contribution in [1.29, 1.82) is 0 Å². The Labute approximate surface area is 863 Å². The summed E-state index contributed by atoms with van der Waals surface area (Å²) in [6.07, 6.45) is 0. The fraction of sp³-hybridized carbons (Fsp3) is 0. The normalized spacial score (nSPS) is 11.6. The third kappa shape index (κ3) is 15.3. The van der Waals surface area contributed by atoms with Gasteiger partial charge < -0.3 is 27.4 Å². The van der Waals surface area contributed by atoms with Crippen molar-refractivity contribution in [3.63, 3.8) is 0 Å². The van der Waals surface area contributed by atoms with Gasteiger partial charge in [-0.1, -0.05) is 364 Å². The maximum atomic E-state index is 5.08. The van der Waals surface area contributed by atoms with Gasteiger partial charge in [0.2, 0.25) is 0 Å². The monoisotopic (exact) mass is 1910 g/mol. The molecule has 30 rings (SSSR count). The molecule has 0 spiro atoms. The van der Waals surface area contributed by atoms with E-state index >= 15 is 0 Å². The van der Waals surface area contributed by atoms with Gasteiger partial charge in [-0.3, -0.25) is 0 Å². The molecule has 0 aliphatic carbocycles. The molecular weight excluding hydrogens is 1830 g/mol. The summed E-state index contributed by atoms with van der Waals surface area (Å²) < 4.78 is 14.4. The van der Waals surface area contributed by atoms with E-state index in [1.807, 2.05) is 109 Å². The first-order valence-electron chi connectivity index (χ1n) is 50.8. The first-order valence-corrected chi connectivity index (χ1v) is 50.8. The molecular formula is C138H90N12. The van der Waals surface area contributed by atoms with Gasteiger partial charge in [0.25, 0.3) is 0 Å². The standard InChI is InChI=1S/3C46H30N4/c1-4-14-31(15-5-1)40-29-41(32-16-6-2-7-17-32)48-46(47-40)33-24-26-35(27-25-33)50-43-23-13-11-21-37(43)39-28-38-36-20-10-12-22-42(36)49(44(38)30-45(39)50)34-18-8-3-9-19-34;1-4-14-31(15-5-1)39-30-40(32-16-6-2-7-17-32)48-46(47-39)33-24-26-35(27-25-33)50-41-22-12-10-20-36(41)37-28-29-43-44(45(37)50)38-21-11-13-23-42(38)49(43)34-18-8-3-9-19-34;1-4-14-31(15-5-1)40-30-41(32-16-6-2-7-17-32)48-46(47-40)33-24-26-35(27-25-33)50-43-23-13-11-21-37(43)39-29-28-38-36-20-10-12-22-42(36)49(44(38)45(39)50)34-18-8-3-9-19-34/h3*1-30H. The number of nitrogens with zero attached hydrogens (tertiary/aromatic N) is 12. The molecule has 21 aromatic carbocycles. The van der Waals surface area contributed by atoms with Gasteiger partial charge in [-0.2, -0.15) is 0 Å². The number of benzene rings is 21. The molecule has 0 saturated carbocycles. The second-order valence-corrected chi connectivity index (χ2v) is 37.9. The van der Waals surface area contributed by atoms with E-state index in [0.29, 0.717) is 17.5 Å². The van der Waals surface area contributed by atoms with Crippen LogP contribution in [0.25, 0.3) is 267 Å². The second kappa shape index (κ2) is 37.1. The number of fused-ring (bicyclic) bond motifs is 20. The van der Waals surface area contributed by atoms with Crippen LogP contribution < -0.4 is 0 Å². The fourth-order valence-electron chi connectivity index (χ4n) is 22.4. The number of rotatable bonds is 15. The summed E-state index contributed by atoms with van der Waals surface area (Å²) in [5.41, 5.74) is 35.6. The quantitative estimate of drug-likeness (QED) is 0.101. The lowest BCUT2D eigenvalue weighted by atomic mass is 10.1. The van der Waals surface area contributed by atoms with Crippen LogP contribution in [0.2, 0.25) is 0 Å².